The third kappa shape index (κ3) is 3.69. The zero-order valence-corrected chi connectivity index (χ0v) is 18.0. The van der Waals surface area contributed by atoms with Crippen LogP contribution in [0.4, 0.5) is 11.4 Å². The maximum Gasteiger partial charge on any atom is 0.263 e. The Balaban J connectivity index is 1.49. The van der Waals surface area contributed by atoms with E-state index < -0.39 is 23.9 Å². The monoisotopic (exact) mass is 419 g/mol. The van der Waals surface area contributed by atoms with E-state index in [0.29, 0.717) is 17.3 Å². The van der Waals surface area contributed by atoms with Crippen LogP contribution < -0.4 is 10.2 Å². The molecule has 2 aliphatic heterocycles. The minimum Gasteiger partial charge on any atom is -0.324 e. The number of amides is 3. The summed E-state index contributed by atoms with van der Waals surface area (Å²) in [5.41, 5.74) is 4.36. The summed E-state index contributed by atoms with van der Waals surface area (Å²) in [6.45, 7) is 7.88. The van der Waals surface area contributed by atoms with Gasteiger partial charge >= 0.3 is 0 Å². The number of fused-ring (bicyclic) bond motifs is 1. The Kier molecular flexibility index (Phi) is 5.31. The lowest BCUT2D eigenvalue weighted by Crippen LogP contribution is -2.43. The van der Waals surface area contributed by atoms with Crippen LogP contribution in [0.1, 0.15) is 36.5 Å². The molecule has 0 bridgehead atoms. The number of nitrogens with zero attached hydrogens (tertiary/aromatic N) is 4. The summed E-state index contributed by atoms with van der Waals surface area (Å²) in [6.07, 6.45) is 0. The maximum absolute atomic E-state index is 13.1. The van der Waals surface area contributed by atoms with Gasteiger partial charge in [-0.25, -0.2) is 4.90 Å². The normalized spacial score (nSPS) is 20.0. The van der Waals surface area contributed by atoms with Crippen molar-refractivity contribution in [2.75, 3.05) is 16.8 Å². The SMILES string of the molecule is Cc1cccc(NC(=O)CN2N=N[C@@H]3C(=O)N(c4ccc(C(C)C)cc4)C(=O)[C@@H]32)c1C. The Hall–Kier alpha value is -3.55. The molecule has 2 aromatic rings. The topological polar surface area (TPSA) is 94.4 Å². The van der Waals surface area contributed by atoms with Gasteiger partial charge in [0.2, 0.25) is 5.91 Å². The summed E-state index contributed by atoms with van der Waals surface area (Å²) in [7, 11) is 0. The Morgan fingerprint density at radius 3 is 2.45 bits per heavy atom. The fourth-order valence-corrected chi connectivity index (χ4v) is 3.84. The highest BCUT2D eigenvalue weighted by Crippen LogP contribution is 2.32. The Labute approximate surface area is 180 Å². The van der Waals surface area contributed by atoms with Gasteiger partial charge in [-0.15, -0.1) is 0 Å². The molecule has 31 heavy (non-hydrogen) atoms. The summed E-state index contributed by atoms with van der Waals surface area (Å²) in [4.78, 5) is 39.7. The van der Waals surface area contributed by atoms with Gasteiger partial charge in [-0.2, -0.15) is 5.11 Å². The van der Waals surface area contributed by atoms with Crippen molar-refractivity contribution < 1.29 is 14.4 Å². The third-order valence-electron chi connectivity index (χ3n) is 5.86. The molecule has 2 aromatic carbocycles. The second kappa shape index (κ2) is 7.94. The molecule has 2 aliphatic rings. The predicted octanol–water partition coefficient (Wildman–Crippen LogP) is 3.36. The second-order valence-corrected chi connectivity index (χ2v) is 8.25. The van der Waals surface area contributed by atoms with Crippen molar-refractivity contribution in [2.24, 2.45) is 10.3 Å². The Morgan fingerprint density at radius 1 is 1.06 bits per heavy atom. The van der Waals surface area contributed by atoms with Crippen LogP contribution >= 0.6 is 0 Å². The molecule has 1 saturated heterocycles. The van der Waals surface area contributed by atoms with E-state index in [1.54, 1.807) is 12.1 Å². The largest absolute Gasteiger partial charge is 0.324 e. The first-order valence-corrected chi connectivity index (χ1v) is 10.3. The van der Waals surface area contributed by atoms with Gasteiger partial charge in [0, 0.05) is 5.69 Å². The first-order chi connectivity index (χ1) is 14.8. The van der Waals surface area contributed by atoms with Crippen LogP contribution in [-0.4, -0.2) is 41.4 Å². The van der Waals surface area contributed by atoms with Crippen molar-refractivity contribution in [3.63, 3.8) is 0 Å². The van der Waals surface area contributed by atoms with E-state index in [0.717, 1.165) is 21.6 Å². The van der Waals surface area contributed by atoms with Crippen LogP contribution in [0.2, 0.25) is 0 Å². The molecule has 4 rings (SSSR count). The van der Waals surface area contributed by atoms with Gasteiger partial charge in [-0.1, -0.05) is 43.3 Å². The van der Waals surface area contributed by atoms with E-state index >= 15 is 0 Å². The zero-order valence-electron chi connectivity index (χ0n) is 18.0. The molecule has 0 spiro atoms. The van der Waals surface area contributed by atoms with Crippen LogP contribution in [0.5, 0.6) is 0 Å². The van der Waals surface area contributed by atoms with Crippen LogP contribution in [-0.2, 0) is 14.4 Å². The maximum atomic E-state index is 13.1. The molecule has 0 radical (unpaired) electrons. The highest BCUT2D eigenvalue weighted by molar-refractivity contribution is 6.25. The van der Waals surface area contributed by atoms with Crippen molar-refractivity contribution in [1.82, 2.24) is 5.01 Å². The summed E-state index contributed by atoms with van der Waals surface area (Å²) in [6, 6.07) is 11.2. The van der Waals surface area contributed by atoms with E-state index in [-0.39, 0.29) is 12.5 Å². The number of benzene rings is 2. The lowest BCUT2D eigenvalue weighted by molar-refractivity contribution is -0.123. The summed E-state index contributed by atoms with van der Waals surface area (Å²) < 4.78 is 0. The summed E-state index contributed by atoms with van der Waals surface area (Å²) >= 11 is 0. The van der Waals surface area contributed by atoms with Crippen molar-refractivity contribution in [3.8, 4) is 0 Å². The van der Waals surface area contributed by atoms with Crippen molar-refractivity contribution in [2.45, 2.75) is 45.7 Å². The fraction of sp³-hybridized carbons (Fsp3) is 0.348. The number of rotatable bonds is 5. The second-order valence-electron chi connectivity index (χ2n) is 8.25. The molecule has 1 N–H and O–H groups in total. The number of carbonyl (C=O) groups excluding carboxylic acids is 3. The number of carbonyl (C=O) groups is 3. The van der Waals surface area contributed by atoms with E-state index in [1.807, 2.05) is 44.2 Å². The molecule has 0 unspecified atom stereocenters. The van der Waals surface area contributed by atoms with Crippen LogP contribution in [0.15, 0.2) is 52.8 Å². The van der Waals surface area contributed by atoms with Crippen molar-refractivity contribution in [1.29, 1.82) is 0 Å². The zero-order chi connectivity index (χ0) is 22.3. The molecule has 2 heterocycles. The smallest absolute Gasteiger partial charge is 0.263 e. The molecule has 0 aliphatic carbocycles. The van der Waals surface area contributed by atoms with E-state index in [2.05, 4.69) is 29.5 Å². The highest BCUT2D eigenvalue weighted by Gasteiger charge is 2.55. The van der Waals surface area contributed by atoms with Gasteiger partial charge in [-0.3, -0.25) is 19.4 Å². The van der Waals surface area contributed by atoms with E-state index in [9.17, 15) is 14.4 Å². The highest BCUT2D eigenvalue weighted by atomic mass is 16.2. The standard InChI is InChI=1S/C23H25N5O3/c1-13(2)16-8-10-17(11-9-16)28-22(30)20-21(23(28)31)27(26-25-20)12-19(29)24-18-7-5-6-14(3)15(18)4/h5-11,13,20-21H,12H2,1-4H3,(H,24,29)/t20-,21+/m0/s1. The van der Waals surface area contributed by atoms with Gasteiger partial charge in [0.25, 0.3) is 11.8 Å². The Bertz CT molecular complexity index is 1080. The van der Waals surface area contributed by atoms with Gasteiger partial charge in [0.05, 0.1) is 5.69 Å². The molecule has 0 aromatic heterocycles. The quantitative estimate of drug-likeness (QED) is 0.752. The minimum absolute atomic E-state index is 0.169. The summed E-state index contributed by atoms with van der Waals surface area (Å²) in [5.74, 6) is -0.822. The number of imide groups is 1. The number of hydrogen-bond donors (Lipinski definition) is 1. The molecule has 2 atom stereocenters. The van der Waals surface area contributed by atoms with E-state index in [1.165, 1.54) is 5.01 Å². The summed E-state index contributed by atoms with van der Waals surface area (Å²) in [5, 5.41) is 12.1. The molecule has 1 fully saturated rings. The van der Waals surface area contributed by atoms with Gasteiger partial charge in [0.1, 0.15) is 6.54 Å². The van der Waals surface area contributed by atoms with Crippen molar-refractivity contribution >= 4 is 29.1 Å². The average molecular weight is 419 g/mol. The molecule has 0 saturated carbocycles. The first kappa shape index (κ1) is 20.7. The molecule has 160 valence electrons. The first-order valence-electron chi connectivity index (χ1n) is 10.3. The third-order valence-corrected chi connectivity index (χ3v) is 5.86. The number of hydrogen-bond acceptors (Lipinski definition) is 6. The molecular weight excluding hydrogens is 394 g/mol. The van der Waals surface area contributed by atoms with Gasteiger partial charge < -0.3 is 5.32 Å². The van der Waals surface area contributed by atoms with E-state index in [4.69, 9.17) is 0 Å². The predicted molar refractivity (Wildman–Crippen MR) is 117 cm³/mol. The van der Waals surface area contributed by atoms with Crippen LogP contribution in [0.25, 0.3) is 0 Å². The lowest BCUT2D eigenvalue weighted by atomic mass is 10.0. The lowest BCUT2D eigenvalue weighted by Gasteiger charge is -2.20. The van der Waals surface area contributed by atoms with Crippen LogP contribution in [0.3, 0.4) is 0 Å². The van der Waals surface area contributed by atoms with Crippen molar-refractivity contribution in [3.05, 3.63) is 59.2 Å². The minimum atomic E-state index is -0.925. The number of aryl methyl sites for hydroxylation is 1. The fourth-order valence-electron chi connectivity index (χ4n) is 3.84. The Morgan fingerprint density at radius 2 is 1.77 bits per heavy atom. The molecular formula is C23H25N5O3. The van der Waals surface area contributed by atoms with Gasteiger partial charge in [-0.05, 0) is 54.7 Å². The number of anilines is 2. The molecule has 3 amide bonds. The van der Waals surface area contributed by atoms with Gasteiger partial charge in [0.15, 0.2) is 12.1 Å². The molecule has 8 heteroatoms. The van der Waals surface area contributed by atoms with Crippen LogP contribution in [0, 0.1) is 13.8 Å². The number of nitrogens with one attached hydrogen (secondary N) is 1. The molecule has 8 nitrogen and oxygen atoms in total. The average Bonchev–Trinajstić information content (AvgIpc) is 3.25.